The zero-order valence-electron chi connectivity index (χ0n) is 10.5. The van der Waals surface area contributed by atoms with Gasteiger partial charge < -0.3 is 5.11 Å². The molecule has 2 N–H and O–H groups in total. The molecule has 2 aliphatic carbocycles. The van der Waals surface area contributed by atoms with Crippen molar-refractivity contribution in [2.45, 2.75) is 49.9 Å². The summed E-state index contributed by atoms with van der Waals surface area (Å²) in [7, 11) is -3.11. The van der Waals surface area contributed by atoms with Crippen molar-refractivity contribution in [3.8, 4) is 0 Å². The Morgan fingerprint density at radius 3 is 2.44 bits per heavy atom. The summed E-state index contributed by atoms with van der Waals surface area (Å²) < 4.78 is 26.1. The molecule has 0 heterocycles. The van der Waals surface area contributed by atoms with Crippen molar-refractivity contribution < 1.29 is 18.3 Å². The molecule has 0 aromatic heterocycles. The molecule has 0 spiro atoms. The lowest BCUT2D eigenvalue weighted by Gasteiger charge is -2.42. The van der Waals surface area contributed by atoms with Gasteiger partial charge in [-0.2, -0.15) is 0 Å². The monoisotopic (exact) mass is 276 g/mol. The minimum absolute atomic E-state index is 0.0107. The predicted molar refractivity (Wildman–Crippen MR) is 66.8 cm³/mol. The van der Waals surface area contributed by atoms with Crippen molar-refractivity contribution in [1.82, 2.24) is 9.62 Å². The van der Waals surface area contributed by atoms with Gasteiger partial charge in [0.1, 0.15) is 0 Å². The summed E-state index contributed by atoms with van der Waals surface area (Å²) in [5.41, 5.74) is 0. The van der Waals surface area contributed by atoms with Crippen molar-refractivity contribution in [3.63, 3.8) is 0 Å². The van der Waals surface area contributed by atoms with Crippen LogP contribution in [0, 0.1) is 0 Å². The van der Waals surface area contributed by atoms with Gasteiger partial charge in [-0.3, -0.25) is 9.69 Å². The molecule has 0 unspecified atom stereocenters. The summed E-state index contributed by atoms with van der Waals surface area (Å²) in [6.07, 6.45) is 2.97. The summed E-state index contributed by atoms with van der Waals surface area (Å²) in [4.78, 5) is 12.5. The van der Waals surface area contributed by atoms with E-state index in [0.29, 0.717) is 19.4 Å². The quantitative estimate of drug-likeness (QED) is 0.684. The molecule has 7 heteroatoms. The fourth-order valence-electron chi connectivity index (χ4n) is 2.36. The first-order valence-corrected chi connectivity index (χ1v) is 7.94. The Hall–Kier alpha value is -0.660. The molecule has 0 saturated heterocycles. The summed E-state index contributed by atoms with van der Waals surface area (Å²) in [6, 6.07) is 0.182. The number of carbonyl (C=O) groups is 1. The summed E-state index contributed by atoms with van der Waals surface area (Å²) in [5.74, 6) is -0.834. The van der Waals surface area contributed by atoms with Crippen LogP contribution >= 0.6 is 0 Å². The van der Waals surface area contributed by atoms with E-state index >= 15 is 0 Å². The van der Waals surface area contributed by atoms with E-state index in [1.54, 1.807) is 0 Å². The van der Waals surface area contributed by atoms with Crippen LogP contribution in [0.5, 0.6) is 0 Å². The zero-order chi connectivity index (χ0) is 13.3. The van der Waals surface area contributed by atoms with Crippen LogP contribution in [-0.2, 0) is 14.8 Å². The Morgan fingerprint density at radius 1 is 1.39 bits per heavy atom. The topological polar surface area (TPSA) is 86.7 Å². The highest BCUT2D eigenvalue weighted by Crippen LogP contribution is 2.31. The van der Waals surface area contributed by atoms with E-state index in [2.05, 4.69) is 4.72 Å². The third-order valence-electron chi connectivity index (χ3n) is 3.67. The van der Waals surface area contributed by atoms with Gasteiger partial charge in [0.2, 0.25) is 10.0 Å². The molecule has 0 aromatic rings. The van der Waals surface area contributed by atoms with Gasteiger partial charge >= 0.3 is 5.97 Å². The largest absolute Gasteiger partial charge is 0.480 e. The standard InChI is InChI=1S/C11H20N2O4S/c1-2-13(7-11(14)15)9-5-8(6-9)12-18(16,17)10-3-4-10/h8-10,12H,2-7H2,1H3,(H,14,15). The second kappa shape index (κ2) is 5.14. The van der Waals surface area contributed by atoms with E-state index in [-0.39, 0.29) is 23.9 Å². The van der Waals surface area contributed by atoms with Crippen LogP contribution in [-0.4, -0.2) is 54.8 Å². The molecule has 0 aromatic carbocycles. The number of nitrogens with one attached hydrogen (secondary N) is 1. The predicted octanol–water partition coefficient (Wildman–Crippen LogP) is 0.00570. The summed E-state index contributed by atoms with van der Waals surface area (Å²) in [6.45, 7) is 2.63. The normalized spacial score (nSPS) is 28.1. The number of hydrogen-bond acceptors (Lipinski definition) is 4. The SMILES string of the molecule is CCN(CC(=O)O)C1CC(NS(=O)(=O)C2CC2)C1. The van der Waals surface area contributed by atoms with Gasteiger partial charge in [-0.1, -0.05) is 6.92 Å². The van der Waals surface area contributed by atoms with Crippen LogP contribution in [0.15, 0.2) is 0 Å². The maximum atomic E-state index is 11.7. The molecular formula is C11H20N2O4S. The number of hydrogen-bond donors (Lipinski definition) is 2. The summed E-state index contributed by atoms with van der Waals surface area (Å²) in [5, 5.41) is 8.58. The molecule has 0 atom stereocenters. The molecule has 0 bridgehead atoms. The molecular weight excluding hydrogens is 256 g/mol. The van der Waals surface area contributed by atoms with Crippen molar-refractivity contribution in [2.75, 3.05) is 13.1 Å². The van der Waals surface area contributed by atoms with E-state index in [1.807, 2.05) is 11.8 Å². The van der Waals surface area contributed by atoms with Crippen molar-refractivity contribution in [2.24, 2.45) is 0 Å². The number of carboxylic acids is 1. The van der Waals surface area contributed by atoms with Crippen LogP contribution in [0.25, 0.3) is 0 Å². The highest BCUT2D eigenvalue weighted by Gasteiger charge is 2.41. The smallest absolute Gasteiger partial charge is 0.317 e. The average molecular weight is 276 g/mol. The number of nitrogens with zero attached hydrogens (tertiary/aromatic N) is 1. The van der Waals surface area contributed by atoms with Crippen LogP contribution in [0.1, 0.15) is 32.6 Å². The molecule has 2 saturated carbocycles. The fourth-order valence-corrected chi connectivity index (χ4v) is 3.97. The molecule has 6 nitrogen and oxygen atoms in total. The highest BCUT2D eigenvalue weighted by atomic mass is 32.2. The summed E-state index contributed by atoms with van der Waals surface area (Å²) >= 11 is 0. The van der Waals surface area contributed by atoms with E-state index in [4.69, 9.17) is 5.11 Å². The van der Waals surface area contributed by atoms with Crippen molar-refractivity contribution in [1.29, 1.82) is 0 Å². The lowest BCUT2D eigenvalue weighted by atomic mass is 9.86. The number of aliphatic carboxylic acids is 1. The van der Waals surface area contributed by atoms with E-state index in [9.17, 15) is 13.2 Å². The number of rotatable bonds is 7. The van der Waals surface area contributed by atoms with Crippen LogP contribution in [0.3, 0.4) is 0 Å². The van der Waals surface area contributed by atoms with Gasteiger partial charge in [0.05, 0.1) is 11.8 Å². The third-order valence-corrected chi connectivity index (χ3v) is 5.68. The third kappa shape index (κ3) is 3.21. The van der Waals surface area contributed by atoms with Crippen molar-refractivity contribution >= 4 is 16.0 Å². The molecule has 0 amide bonds. The number of sulfonamides is 1. The number of likely N-dealkylation sites (N-methyl/N-ethyl adjacent to an activating group) is 1. The van der Waals surface area contributed by atoms with Crippen LogP contribution in [0.2, 0.25) is 0 Å². The van der Waals surface area contributed by atoms with E-state index in [0.717, 1.165) is 12.8 Å². The highest BCUT2D eigenvalue weighted by molar-refractivity contribution is 7.90. The second-order valence-electron chi connectivity index (χ2n) is 5.14. The molecule has 2 fully saturated rings. The fraction of sp³-hybridized carbons (Fsp3) is 0.909. The first-order chi connectivity index (χ1) is 8.42. The number of carboxylic acid groups (broad SMARTS) is 1. The van der Waals surface area contributed by atoms with Gasteiger partial charge in [0.25, 0.3) is 0 Å². The van der Waals surface area contributed by atoms with Gasteiger partial charge in [-0.05, 0) is 32.2 Å². The molecule has 0 radical (unpaired) electrons. The first-order valence-electron chi connectivity index (χ1n) is 6.39. The van der Waals surface area contributed by atoms with Crippen LogP contribution < -0.4 is 4.72 Å². The van der Waals surface area contributed by atoms with Crippen LogP contribution in [0.4, 0.5) is 0 Å². The minimum Gasteiger partial charge on any atom is -0.480 e. The Balaban J connectivity index is 1.77. The lowest BCUT2D eigenvalue weighted by molar-refractivity contribution is -0.139. The maximum Gasteiger partial charge on any atom is 0.317 e. The van der Waals surface area contributed by atoms with Gasteiger partial charge in [0, 0.05) is 12.1 Å². The first kappa shape index (κ1) is 13.8. The molecule has 2 aliphatic rings. The molecule has 0 aliphatic heterocycles. The van der Waals surface area contributed by atoms with Gasteiger partial charge in [-0.25, -0.2) is 13.1 Å². The van der Waals surface area contributed by atoms with Gasteiger partial charge in [0.15, 0.2) is 0 Å². The Morgan fingerprint density at radius 2 is 2.00 bits per heavy atom. The lowest BCUT2D eigenvalue weighted by Crippen LogP contribution is -2.55. The van der Waals surface area contributed by atoms with E-state index < -0.39 is 16.0 Å². The Bertz CT molecular complexity index is 413. The average Bonchev–Trinajstić information content (AvgIpc) is 3.03. The van der Waals surface area contributed by atoms with E-state index in [1.165, 1.54) is 0 Å². The maximum absolute atomic E-state index is 11.7. The minimum atomic E-state index is -3.11. The van der Waals surface area contributed by atoms with Crippen molar-refractivity contribution in [3.05, 3.63) is 0 Å². The molecule has 2 rings (SSSR count). The molecule has 18 heavy (non-hydrogen) atoms. The molecule has 104 valence electrons. The Kier molecular flexibility index (Phi) is 3.93. The second-order valence-corrected chi connectivity index (χ2v) is 7.13. The zero-order valence-corrected chi connectivity index (χ0v) is 11.3. The Labute approximate surface area is 107 Å². The van der Waals surface area contributed by atoms with Gasteiger partial charge in [-0.15, -0.1) is 0 Å².